The minimum absolute atomic E-state index is 0.0104. The zero-order chi connectivity index (χ0) is 21.6. The fourth-order valence-corrected chi connectivity index (χ4v) is 4.03. The molecule has 0 bridgehead atoms. The Bertz CT molecular complexity index is 1150. The quantitative estimate of drug-likeness (QED) is 0.393. The molecule has 4 rings (SSSR count). The van der Waals surface area contributed by atoms with Gasteiger partial charge < -0.3 is 4.90 Å². The highest BCUT2D eigenvalue weighted by Gasteiger charge is 2.18. The van der Waals surface area contributed by atoms with Crippen molar-refractivity contribution < 1.29 is 9.18 Å². The van der Waals surface area contributed by atoms with Gasteiger partial charge in [0.2, 0.25) is 5.91 Å². The lowest BCUT2D eigenvalue weighted by Crippen LogP contribution is -2.27. The summed E-state index contributed by atoms with van der Waals surface area (Å²) >= 11 is 1.31. The fraction of sp³-hybridized carbons (Fsp3) is 0.125. The Morgan fingerprint density at radius 3 is 2.26 bits per heavy atom. The number of amides is 1. The first-order valence-electron chi connectivity index (χ1n) is 9.79. The van der Waals surface area contributed by atoms with E-state index >= 15 is 0 Å². The minimum Gasteiger partial charge on any atom is -0.341 e. The van der Waals surface area contributed by atoms with E-state index in [1.165, 1.54) is 23.9 Å². The van der Waals surface area contributed by atoms with Crippen LogP contribution in [0.25, 0.3) is 17.1 Å². The number of benzene rings is 3. The number of halogens is 1. The van der Waals surface area contributed by atoms with Crippen molar-refractivity contribution in [3.05, 3.63) is 96.3 Å². The SMILES string of the molecule is CN(Cc1ccccc1)C(=O)CSc1nnc(-c2ccccc2)n1-c1ccc(F)cc1. The molecule has 5 nitrogen and oxygen atoms in total. The predicted octanol–water partition coefficient (Wildman–Crippen LogP) is 4.82. The number of nitrogens with zero attached hydrogens (tertiary/aromatic N) is 4. The number of carbonyl (C=O) groups excluding carboxylic acids is 1. The lowest BCUT2D eigenvalue weighted by molar-refractivity contribution is -0.127. The molecule has 7 heteroatoms. The first-order valence-corrected chi connectivity index (χ1v) is 10.8. The maximum absolute atomic E-state index is 13.5. The van der Waals surface area contributed by atoms with Crippen LogP contribution in [0.3, 0.4) is 0 Å². The van der Waals surface area contributed by atoms with Crippen molar-refractivity contribution in [2.45, 2.75) is 11.7 Å². The third-order valence-electron chi connectivity index (χ3n) is 4.76. The Morgan fingerprint density at radius 2 is 1.58 bits per heavy atom. The zero-order valence-electron chi connectivity index (χ0n) is 17.0. The van der Waals surface area contributed by atoms with Crippen molar-refractivity contribution in [3.8, 4) is 17.1 Å². The third-order valence-corrected chi connectivity index (χ3v) is 5.68. The molecule has 3 aromatic carbocycles. The van der Waals surface area contributed by atoms with Crippen LogP contribution in [-0.4, -0.2) is 38.4 Å². The van der Waals surface area contributed by atoms with Gasteiger partial charge in [0.25, 0.3) is 0 Å². The van der Waals surface area contributed by atoms with Gasteiger partial charge in [-0.15, -0.1) is 10.2 Å². The molecule has 31 heavy (non-hydrogen) atoms. The van der Waals surface area contributed by atoms with Gasteiger partial charge in [-0.3, -0.25) is 9.36 Å². The molecule has 0 fully saturated rings. The summed E-state index contributed by atoms with van der Waals surface area (Å²) in [7, 11) is 1.79. The van der Waals surface area contributed by atoms with Crippen molar-refractivity contribution in [2.75, 3.05) is 12.8 Å². The number of thioether (sulfide) groups is 1. The van der Waals surface area contributed by atoms with Gasteiger partial charge in [0.15, 0.2) is 11.0 Å². The van der Waals surface area contributed by atoms with Crippen LogP contribution in [0.15, 0.2) is 90.1 Å². The van der Waals surface area contributed by atoms with Crippen LogP contribution in [0.1, 0.15) is 5.56 Å². The molecule has 0 atom stereocenters. The lowest BCUT2D eigenvalue weighted by atomic mass is 10.2. The molecule has 0 saturated carbocycles. The first-order chi connectivity index (χ1) is 15.1. The molecule has 0 saturated heterocycles. The second-order valence-corrected chi connectivity index (χ2v) is 7.95. The van der Waals surface area contributed by atoms with Crippen LogP contribution in [0.5, 0.6) is 0 Å². The van der Waals surface area contributed by atoms with Crippen LogP contribution >= 0.6 is 11.8 Å². The average Bonchev–Trinajstić information content (AvgIpc) is 3.23. The van der Waals surface area contributed by atoms with E-state index in [9.17, 15) is 9.18 Å². The number of carbonyl (C=O) groups is 1. The van der Waals surface area contributed by atoms with Crippen LogP contribution in [0, 0.1) is 5.82 Å². The molecule has 0 aliphatic carbocycles. The summed E-state index contributed by atoms with van der Waals surface area (Å²) < 4.78 is 15.3. The summed E-state index contributed by atoms with van der Waals surface area (Å²) in [4.78, 5) is 14.4. The van der Waals surface area contributed by atoms with Crippen molar-refractivity contribution in [1.82, 2.24) is 19.7 Å². The molecule has 0 radical (unpaired) electrons. The molecule has 0 aliphatic rings. The van der Waals surface area contributed by atoms with Gasteiger partial charge in [-0.1, -0.05) is 72.4 Å². The summed E-state index contributed by atoms with van der Waals surface area (Å²) in [6.45, 7) is 0.542. The lowest BCUT2D eigenvalue weighted by Gasteiger charge is -2.17. The molecule has 0 aliphatic heterocycles. The second-order valence-electron chi connectivity index (χ2n) is 7.01. The molecule has 0 N–H and O–H groups in total. The Kier molecular flexibility index (Phi) is 6.43. The highest BCUT2D eigenvalue weighted by molar-refractivity contribution is 7.99. The van der Waals surface area contributed by atoms with E-state index in [0.29, 0.717) is 17.5 Å². The molecule has 156 valence electrons. The van der Waals surface area contributed by atoms with E-state index in [1.54, 1.807) is 24.1 Å². The average molecular weight is 433 g/mol. The maximum Gasteiger partial charge on any atom is 0.233 e. The van der Waals surface area contributed by atoms with Crippen LogP contribution in [0.2, 0.25) is 0 Å². The third kappa shape index (κ3) is 5.00. The van der Waals surface area contributed by atoms with E-state index in [0.717, 1.165) is 16.8 Å². The number of aromatic nitrogens is 3. The van der Waals surface area contributed by atoms with Gasteiger partial charge in [0.1, 0.15) is 5.82 Å². The standard InChI is InChI=1S/C24H21FN4OS/c1-28(16-18-8-4-2-5-9-18)22(30)17-31-24-27-26-23(19-10-6-3-7-11-19)29(24)21-14-12-20(25)13-15-21/h2-15H,16-17H2,1H3. The smallest absolute Gasteiger partial charge is 0.233 e. The van der Waals surface area contributed by atoms with Gasteiger partial charge in [-0.05, 0) is 29.8 Å². The monoisotopic (exact) mass is 432 g/mol. The Balaban J connectivity index is 1.56. The van der Waals surface area contributed by atoms with Crippen molar-refractivity contribution in [1.29, 1.82) is 0 Å². The molecule has 0 unspecified atom stereocenters. The fourth-order valence-electron chi connectivity index (χ4n) is 3.14. The zero-order valence-corrected chi connectivity index (χ0v) is 17.8. The number of rotatable bonds is 7. The summed E-state index contributed by atoms with van der Waals surface area (Å²) in [5, 5.41) is 9.24. The van der Waals surface area contributed by atoms with Gasteiger partial charge in [0.05, 0.1) is 5.75 Å². The normalized spacial score (nSPS) is 10.8. The molecule has 1 aromatic heterocycles. The summed E-state index contributed by atoms with van der Waals surface area (Å²) in [6.07, 6.45) is 0. The van der Waals surface area contributed by atoms with Gasteiger partial charge in [-0.25, -0.2) is 4.39 Å². The summed E-state index contributed by atoms with van der Waals surface area (Å²) in [6, 6.07) is 25.7. The maximum atomic E-state index is 13.5. The van der Waals surface area contributed by atoms with E-state index < -0.39 is 0 Å². The van der Waals surface area contributed by atoms with E-state index in [1.807, 2.05) is 65.2 Å². The largest absolute Gasteiger partial charge is 0.341 e. The van der Waals surface area contributed by atoms with E-state index in [-0.39, 0.29) is 17.5 Å². The van der Waals surface area contributed by atoms with Crippen molar-refractivity contribution >= 4 is 17.7 Å². The Morgan fingerprint density at radius 1 is 0.935 bits per heavy atom. The molecule has 1 heterocycles. The van der Waals surface area contributed by atoms with E-state index in [4.69, 9.17) is 0 Å². The van der Waals surface area contributed by atoms with Gasteiger partial charge >= 0.3 is 0 Å². The molecular weight excluding hydrogens is 411 g/mol. The van der Waals surface area contributed by atoms with Crippen LogP contribution in [-0.2, 0) is 11.3 Å². The van der Waals surface area contributed by atoms with Crippen molar-refractivity contribution in [2.24, 2.45) is 0 Å². The van der Waals surface area contributed by atoms with Gasteiger partial charge in [-0.2, -0.15) is 0 Å². The molecule has 4 aromatic rings. The molecular formula is C24H21FN4OS. The van der Waals surface area contributed by atoms with Crippen molar-refractivity contribution in [3.63, 3.8) is 0 Å². The van der Waals surface area contributed by atoms with Crippen LogP contribution < -0.4 is 0 Å². The van der Waals surface area contributed by atoms with Crippen LogP contribution in [0.4, 0.5) is 4.39 Å². The molecule has 0 spiro atoms. The highest BCUT2D eigenvalue weighted by Crippen LogP contribution is 2.28. The van der Waals surface area contributed by atoms with E-state index in [2.05, 4.69) is 10.2 Å². The first kappa shape index (κ1) is 20.8. The molecule has 1 amide bonds. The minimum atomic E-state index is -0.315. The summed E-state index contributed by atoms with van der Waals surface area (Å²) in [5.41, 5.74) is 2.70. The van der Waals surface area contributed by atoms with Gasteiger partial charge in [0, 0.05) is 24.8 Å². The Labute approximate surface area is 184 Å². The number of hydrogen-bond acceptors (Lipinski definition) is 4. The second kappa shape index (κ2) is 9.57. The highest BCUT2D eigenvalue weighted by atomic mass is 32.2. The Hall–Kier alpha value is -3.45. The number of hydrogen-bond donors (Lipinski definition) is 0. The summed E-state index contributed by atoms with van der Waals surface area (Å²) in [5.74, 6) is 0.533. The predicted molar refractivity (Wildman–Crippen MR) is 120 cm³/mol. The topological polar surface area (TPSA) is 51.0 Å².